The molecule has 0 spiro atoms. The molecule has 0 aliphatic rings. The summed E-state index contributed by atoms with van der Waals surface area (Å²) in [6.07, 6.45) is -0.983. The van der Waals surface area contributed by atoms with E-state index in [0.29, 0.717) is 0 Å². The number of carboxylic acids is 2. The highest BCUT2D eigenvalue weighted by Crippen LogP contribution is 2.17. The van der Waals surface area contributed by atoms with Gasteiger partial charge in [-0.05, 0) is 0 Å². The molecule has 0 aromatic rings. The normalized spacial score (nSPS) is 11.4. The van der Waals surface area contributed by atoms with Crippen molar-refractivity contribution in [3.8, 4) is 0 Å². The fraction of sp³-hybridized carbons (Fsp3) is 0.800. The van der Waals surface area contributed by atoms with Crippen LogP contribution in [0.5, 0.6) is 0 Å². The highest BCUT2D eigenvalue weighted by Gasteiger charge is 2.34. The van der Waals surface area contributed by atoms with Crippen LogP contribution in [0.15, 0.2) is 0 Å². The molecular weight excluding hydrogens is 248 g/mol. The molecule has 0 rings (SSSR count). The van der Waals surface area contributed by atoms with Gasteiger partial charge in [0.05, 0.1) is 26.4 Å². The summed E-state index contributed by atoms with van der Waals surface area (Å²) < 4.78 is 19.1. The summed E-state index contributed by atoms with van der Waals surface area (Å²) in [5, 5.41) is 21.6. The molecule has 0 atom stereocenters. The number of hydrogen-bond acceptors (Lipinski definition) is 8. The van der Waals surface area contributed by atoms with Crippen molar-refractivity contribution in [3.05, 3.63) is 0 Å². The van der Waals surface area contributed by atoms with Gasteiger partial charge in [-0.3, -0.25) is 0 Å². The van der Waals surface area contributed by atoms with E-state index in [2.05, 4.69) is 9.47 Å². The Morgan fingerprint density at radius 1 is 0.944 bits per heavy atom. The molecule has 0 aromatic carbocycles. The molecule has 8 heteroatoms. The lowest BCUT2D eigenvalue weighted by molar-refractivity contribution is -0.368. The second-order valence-corrected chi connectivity index (χ2v) is 3.27. The Morgan fingerprint density at radius 2 is 1.39 bits per heavy atom. The number of carbonyl (C=O) groups is 2. The minimum Gasteiger partial charge on any atom is -0.550 e. The average Bonchev–Trinajstić information content (AvgIpc) is 2.28. The van der Waals surface area contributed by atoms with Gasteiger partial charge >= 0.3 is 0 Å². The Kier molecular flexibility index (Phi) is 8.21. The average molecular weight is 264 g/mol. The number of methoxy groups -OCH3 is 2. The maximum Gasteiger partial charge on any atom is 0.215 e. The largest absolute Gasteiger partial charge is 0.550 e. The molecule has 0 aliphatic heterocycles. The summed E-state index contributed by atoms with van der Waals surface area (Å²) in [5.74, 6) is -5.82. The molecule has 0 unspecified atom stereocenters. The van der Waals surface area contributed by atoms with Gasteiger partial charge in [0.1, 0.15) is 5.97 Å². The molecule has 18 heavy (non-hydrogen) atoms. The standard InChI is InChI=1S/C10H18O8/c1-15-3-5-17-10(9(13)14,7-8(11)12)18-6-4-16-2/h3-7H2,1-2H3,(H,11,12)(H,13,14)/p-2. The van der Waals surface area contributed by atoms with Crippen molar-refractivity contribution in [2.75, 3.05) is 40.6 Å². The molecule has 106 valence electrons. The molecule has 0 aromatic heterocycles. The first-order valence-electron chi connectivity index (χ1n) is 5.15. The van der Waals surface area contributed by atoms with Crippen LogP contribution in [0.25, 0.3) is 0 Å². The van der Waals surface area contributed by atoms with Crippen LogP contribution >= 0.6 is 0 Å². The van der Waals surface area contributed by atoms with Crippen molar-refractivity contribution in [2.24, 2.45) is 0 Å². The summed E-state index contributed by atoms with van der Waals surface area (Å²) in [7, 11) is 2.77. The van der Waals surface area contributed by atoms with Gasteiger partial charge in [0.2, 0.25) is 5.79 Å². The van der Waals surface area contributed by atoms with Crippen LogP contribution in [-0.2, 0) is 28.5 Å². The van der Waals surface area contributed by atoms with Crippen LogP contribution in [0, 0.1) is 0 Å². The zero-order valence-electron chi connectivity index (χ0n) is 10.3. The molecule has 0 heterocycles. The maximum absolute atomic E-state index is 11.0. The predicted octanol–water partition coefficient (Wildman–Crippen LogP) is -3.10. The van der Waals surface area contributed by atoms with Crippen LogP contribution in [0.4, 0.5) is 0 Å². The zero-order chi connectivity index (χ0) is 14.0. The molecule has 8 nitrogen and oxygen atoms in total. The van der Waals surface area contributed by atoms with E-state index >= 15 is 0 Å². The highest BCUT2D eigenvalue weighted by molar-refractivity contribution is 5.80. The fourth-order valence-electron chi connectivity index (χ4n) is 1.10. The van der Waals surface area contributed by atoms with Gasteiger partial charge in [0.25, 0.3) is 0 Å². The number of rotatable bonds is 11. The number of hydrogen-bond donors (Lipinski definition) is 0. The highest BCUT2D eigenvalue weighted by atomic mass is 16.7. The Hall–Kier alpha value is -1.22. The van der Waals surface area contributed by atoms with E-state index in [1.54, 1.807) is 0 Å². The Bertz CT molecular complexity index is 255. The predicted molar refractivity (Wildman–Crippen MR) is 53.0 cm³/mol. The van der Waals surface area contributed by atoms with Gasteiger partial charge in [-0.2, -0.15) is 0 Å². The van der Waals surface area contributed by atoms with E-state index < -0.39 is 24.1 Å². The molecule has 0 amide bonds. The fourth-order valence-corrected chi connectivity index (χ4v) is 1.10. The lowest BCUT2D eigenvalue weighted by Gasteiger charge is -2.34. The van der Waals surface area contributed by atoms with Gasteiger partial charge in [0, 0.05) is 26.6 Å². The van der Waals surface area contributed by atoms with Crippen molar-refractivity contribution in [2.45, 2.75) is 12.2 Å². The molecule has 0 saturated heterocycles. The Labute approximate surface area is 104 Å². The third-order valence-corrected chi connectivity index (χ3v) is 1.93. The van der Waals surface area contributed by atoms with E-state index in [9.17, 15) is 19.8 Å². The molecule has 0 fully saturated rings. The van der Waals surface area contributed by atoms with Crippen molar-refractivity contribution >= 4 is 11.9 Å². The molecule has 0 saturated carbocycles. The zero-order valence-corrected chi connectivity index (χ0v) is 10.3. The number of aliphatic carboxylic acids is 2. The third kappa shape index (κ3) is 5.92. The number of ether oxygens (including phenoxy) is 4. The van der Waals surface area contributed by atoms with E-state index in [0.717, 1.165) is 0 Å². The first-order valence-corrected chi connectivity index (χ1v) is 5.15. The maximum atomic E-state index is 11.0. The van der Waals surface area contributed by atoms with Crippen LogP contribution < -0.4 is 10.2 Å². The Morgan fingerprint density at radius 3 is 1.67 bits per heavy atom. The lowest BCUT2D eigenvalue weighted by Crippen LogP contribution is -2.56. The molecular formula is C10H16O8-2. The van der Waals surface area contributed by atoms with Crippen LogP contribution in [0.1, 0.15) is 6.42 Å². The van der Waals surface area contributed by atoms with Crippen LogP contribution in [-0.4, -0.2) is 58.4 Å². The lowest BCUT2D eigenvalue weighted by atomic mass is 10.2. The summed E-state index contributed by atoms with van der Waals surface area (Å²) in [5.41, 5.74) is 0. The summed E-state index contributed by atoms with van der Waals surface area (Å²) >= 11 is 0. The molecule has 0 N–H and O–H groups in total. The van der Waals surface area contributed by atoms with Gasteiger partial charge in [-0.1, -0.05) is 0 Å². The van der Waals surface area contributed by atoms with E-state index in [1.807, 2.05) is 0 Å². The summed E-state index contributed by atoms with van der Waals surface area (Å²) in [4.78, 5) is 21.6. The van der Waals surface area contributed by atoms with E-state index in [-0.39, 0.29) is 26.4 Å². The number of carbonyl (C=O) groups excluding carboxylic acids is 2. The van der Waals surface area contributed by atoms with E-state index in [1.165, 1.54) is 14.2 Å². The molecule has 0 bridgehead atoms. The van der Waals surface area contributed by atoms with Gasteiger partial charge in [-0.15, -0.1) is 0 Å². The third-order valence-electron chi connectivity index (χ3n) is 1.93. The van der Waals surface area contributed by atoms with E-state index in [4.69, 9.17) is 9.47 Å². The van der Waals surface area contributed by atoms with Gasteiger partial charge in [-0.25, -0.2) is 0 Å². The smallest absolute Gasteiger partial charge is 0.215 e. The quantitative estimate of drug-likeness (QED) is 0.284. The summed E-state index contributed by atoms with van der Waals surface area (Å²) in [6, 6.07) is 0. The van der Waals surface area contributed by atoms with Crippen LogP contribution in [0.3, 0.4) is 0 Å². The van der Waals surface area contributed by atoms with Crippen molar-refractivity contribution in [1.29, 1.82) is 0 Å². The van der Waals surface area contributed by atoms with Crippen molar-refractivity contribution in [3.63, 3.8) is 0 Å². The van der Waals surface area contributed by atoms with Crippen molar-refractivity contribution in [1.82, 2.24) is 0 Å². The SMILES string of the molecule is COCCOC(CC(=O)[O-])(OCCOC)C(=O)[O-]. The minimum atomic E-state index is -2.39. The Balaban J connectivity index is 4.67. The van der Waals surface area contributed by atoms with Gasteiger partial charge in [0.15, 0.2) is 0 Å². The van der Waals surface area contributed by atoms with Crippen molar-refractivity contribution < 1.29 is 38.7 Å². The van der Waals surface area contributed by atoms with Crippen LogP contribution in [0.2, 0.25) is 0 Å². The number of carboxylic acid groups (broad SMARTS) is 2. The summed E-state index contributed by atoms with van der Waals surface area (Å²) in [6.45, 7) is -0.166. The second kappa shape index (κ2) is 8.81. The minimum absolute atomic E-state index is 0.0791. The van der Waals surface area contributed by atoms with Gasteiger partial charge < -0.3 is 38.7 Å². The molecule has 0 radical (unpaired) electrons. The topological polar surface area (TPSA) is 117 Å². The first-order chi connectivity index (χ1) is 8.48. The second-order valence-electron chi connectivity index (χ2n) is 3.27. The molecule has 0 aliphatic carbocycles. The first kappa shape index (κ1) is 16.8. The monoisotopic (exact) mass is 264 g/mol.